The third kappa shape index (κ3) is 4.98. The van der Waals surface area contributed by atoms with Crippen molar-refractivity contribution in [3.8, 4) is 5.75 Å². The molecule has 0 aliphatic rings. The molecule has 0 bridgehead atoms. The van der Waals surface area contributed by atoms with Gasteiger partial charge in [-0.1, -0.05) is 46.9 Å². The zero-order valence-electron chi connectivity index (χ0n) is 12.6. The van der Waals surface area contributed by atoms with Crippen molar-refractivity contribution in [1.29, 1.82) is 0 Å². The molecule has 8 heteroatoms. The fourth-order valence-electron chi connectivity index (χ4n) is 1.79. The van der Waals surface area contributed by atoms with E-state index in [1.165, 1.54) is 0 Å². The van der Waals surface area contributed by atoms with Gasteiger partial charge in [0.25, 0.3) is 0 Å². The number of nitrogens with zero attached hydrogens (tertiary/aromatic N) is 1. The minimum atomic E-state index is 0.186. The molecule has 0 atom stereocenters. The fraction of sp³-hybridized carbons (Fsp3) is 0.125. The second-order valence-corrected chi connectivity index (χ2v) is 6.20. The van der Waals surface area contributed by atoms with Gasteiger partial charge in [-0.05, 0) is 36.5 Å². The number of nitrogens with one attached hydrogen (secondary N) is 2. The maximum atomic E-state index is 6.18. The highest BCUT2D eigenvalue weighted by molar-refractivity contribution is 7.80. The van der Waals surface area contributed by atoms with Crippen molar-refractivity contribution in [1.82, 2.24) is 10.7 Å². The van der Waals surface area contributed by atoms with Crippen LogP contribution in [-0.4, -0.2) is 18.4 Å². The summed E-state index contributed by atoms with van der Waals surface area (Å²) in [6.45, 7) is 0.186. The van der Waals surface area contributed by atoms with Crippen LogP contribution < -0.4 is 15.5 Å². The van der Waals surface area contributed by atoms with E-state index in [-0.39, 0.29) is 6.61 Å². The first-order valence-corrected chi connectivity index (χ1v) is 8.42. The van der Waals surface area contributed by atoms with E-state index in [1.54, 1.807) is 25.4 Å². The van der Waals surface area contributed by atoms with Crippen LogP contribution in [-0.2, 0) is 6.61 Å². The average Bonchev–Trinajstić information content (AvgIpc) is 2.59. The van der Waals surface area contributed by atoms with Crippen molar-refractivity contribution in [2.75, 3.05) is 7.05 Å². The first-order valence-electron chi connectivity index (χ1n) is 6.88. The van der Waals surface area contributed by atoms with Crippen LogP contribution in [0.5, 0.6) is 5.75 Å². The number of hydrogen-bond acceptors (Lipinski definition) is 3. The molecule has 2 N–H and O–H groups in total. The third-order valence-electron chi connectivity index (χ3n) is 3.03. The van der Waals surface area contributed by atoms with Gasteiger partial charge in [0.05, 0.1) is 16.3 Å². The van der Waals surface area contributed by atoms with E-state index in [1.807, 2.05) is 24.3 Å². The van der Waals surface area contributed by atoms with Crippen LogP contribution in [0.4, 0.5) is 0 Å². The Hall–Kier alpha value is -1.53. The summed E-state index contributed by atoms with van der Waals surface area (Å²) >= 11 is 23.3. The molecule has 0 aliphatic heterocycles. The molecular weight excluding hydrogens is 389 g/mol. The second kappa shape index (κ2) is 9.08. The quantitative estimate of drug-likeness (QED) is 0.331. The third-order valence-corrected chi connectivity index (χ3v) is 4.52. The van der Waals surface area contributed by atoms with E-state index < -0.39 is 0 Å². The molecule has 2 aromatic rings. The minimum Gasteiger partial charge on any atom is -0.488 e. The highest BCUT2D eigenvalue weighted by Gasteiger charge is 2.11. The van der Waals surface area contributed by atoms with Crippen molar-refractivity contribution in [3.05, 3.63) is 62.6 Å². The van der Waals surface area contributed by atoms with Crippen LogP contribution in [0.25, 0.3) is 0 Å². The van der Waals surface area contributed by atoms with Crippen LogP contribution in [0.3, 0.4) is 0 Å². The molecule has 0 aromatic heterocycles. The van der Waals surface area contributed by atoms with Gasteiger partial charge in [0.1, 0.15) is 12.4 Å². The van der Waals surface area contributed by atoms with Gasteiger partial charge in [-0.15, -0.1) is 0 Å². The van der Waals surface area contributed by atoms with E-state index in [2.05, 4.69) is 15.8 Å². The van der Waals surface area contributed by atoms with Crippen LogP contribution in [0, 0.1) is 0 Å². The van der Waals surface area contributed by atoms with Gasteiger partial charge in [0.2, 0.25) is 0 Å². The van der Waals surface area contributed by atoms with Crippen molar-refractivity contribution in [2.24, 2.45) is 5.10 Å². The first-order chi connectivity index (χ1) is 11.5. The molecule has 0 aliphatic carbocycles. The predicted octanol–water partition coefficient (Wildman–Crippen LogP) is 4.65. The molecular formula is C16H14Cl3N3OS. The number of hydrazone groups is 1. The molecule has 0 saturated heterocycles. The molecule has 0 heterocycles. The van der Waals surface area contributed by atoms with Crippen molar-refractivity contribution >= 4 is 58.3 Å². The SMILES string of the molecule is CNC(=S)N/N=C\c1ccccc1OCc1c(Cl)ccc(Cl)c1Cl. The van der Waals surface area contributed by atoms with Crippen molar-refractivity contribution < 1.29 is 4.74 Å². The molecule has 0 amide bonds. The van der Waals surface area contributed by atoms with Gasteiger partial charge >= 0.3 is 0 Å². The van der Waals surface area contributed by atoms with E-state index >= 15 is 0 Å². The summed E-state index contributed by atoms with van der Waals surface area (Å²) < 4.78 is 5.83. The Morgan fingerprint density at radius 1 is 1.17 bits per heavy atom. The summed E-state index contributed by atoms with van der Waals surface area (Å²) in [5.74, 6) is 0.630. The van der Waals surface area contributed by atoms with E-state index in [9.17, 15) is 0 Å². The van der Waals surface area contributed by atoms with E-state index in [0.29, 0.717) is 31.5 Å². The number of thiocarbonyl (C=S) groups is 1. The van der Waals surface area contributed by atoms with E-state index in [4.69, 9.17) is 51.8 Å². The Labute approximate surface area is 160 Å². The minimum absolute atomic E-state index is 0.186. The Balaban J connectivity index is 2.14. The standard InChI is InChI=1S/C16H14Cl3N3OS/c1-20-16(24)22-21-8-10-4-2-3-5-14(10)23-9-11-12(17)6-7-13(18)15(11)19/h2-8H,9H2,1H3,(H2,20,22,24)/b21-8-. The largest absolute Gasteiger partial charge is 0.488 e. The lowest BCUT2D eigenvalue weighted by Gasteiger charge is -2.12. The highest BCUT2D eigenvalue weighted by Crippen LogP contribution is 2.32. The topological polar surface area (TPSA) is 45.7 Å². The Morgan fingerprint density at radius 3 is 2.62 bits per heavy atom. The smallest absolute Gasteiger partial charge is 0.186 e. The van der Waals surface area contributed by atoms with Crippen LogP contribution in [0.2, 0.25) is 15.1 Å². The number of para-hydroxylation sites is 1. The van der Waals surface area contributed by atoms with Gasteiger partial charge < -0.3 is 10.1 Å². The molecule has 0 spiro atoms. The van der Waals surface area contributed by atoms with Gasteiger partial charge in [0.15, 0.2) is 5.11 Å². The number of benzene rings is 2. The molecule has 2 aromatic carbocycles. The van der Waals surface area contributed by atoms with Crippen LogP contribution in [0.1, 0.15) is 11.1 Å². The zero-order chi connectivity index (χ0) is 17.5. The molecule has 0 saturated carbocycles. The summed E-state index contributed by atoms with van der Waals surface area (Å²) in [5, 5.41) is 8.54. The van der Waals surface area contributed by atoms with Gasteiger partial charge in [-0.3, -0.25) is 5.43 Å². The lowest BCUT2D eigenvalue weighted by molar-refractivity contribution is 0.306. The lowest BCUT2D eigenvalue weighted by atomic mass is 10.2. The van der Waals surface area contributed by atoms with Crippen molar-refractivity contribution in [3.63, 3.8) is 0 Å². The van der Waals surface area contributed by atoms with Gasteiger partial charge in [-0.25, -0.2) is 0 Å². The molecule has 2 rings (SSSR count). The molecule has 4 nitrogen and oxygen atoms in total. The van der Waals surface area contributed by atoms with Crippen molar-refractivity contribution in [2.45, 2.75) is 6.61 Å². The first kappa shape index (κ1) is 18.8. The summed E-state index contributed by atoms with van der Waals surface area (Å²) in [5.41, 5.74) is 4.09. The maximum absolute atomic E-state index is 6.18. The highest BCUT2D eigenvalue weighted by atomic mass is 35.5. The average molecular weight is 403 g/mol. The molecule has 0 unspecified atom stereocenters. The molecule has 0 radical (unpaired) electrons. The summed E-state index contributed by atoms with van der Waals surface area (Å²) in [7, 11) is 1.71. The van der Waals surface area contributed by atoms with Crippen LogP contribution in [0.15, 0.2) is 41.5 Å². The second-order valence-electron chi connectivity index (χ2n) is 4.60. The number of halogens is 3. The summed E-state index contributed by atoms with van der Waals surface area (Å²) in [6, 6.07) is 10.8. The van der Waals surface area contributed by atoms with Crippen LogP contribution >= 0.6 is 47.0 Å². The molecule has 0 fully saturated rings. The monoisotopic (exact) mass is 401 g/mol. The van der Waals surface area contributed by atoms with Gasteiger partial charge in [-0.2, -0.15) is 5.10 Å². The zero-order valence-corrected chi connectivity index (χ0v) is 15.7. The Bertz CT molecular complexity index is 768. The maximum Gasteiger partial charge on any atom is 0.186 e. The summed E-state index contributed by atoms with van der Waals surface area (Å²) in [6.07, 6.45) is 1.61. The summed E-state index contributed by atoms with van der Waals surface area (Å²) in [4.78, 5) is 0. The lowest BCUT2D eigenvalue weighted by Crippen LogP contribution is -2.28. The predicted molar refractivity (Wildman–Crippen MR) is 105 cm³/mol. The number of rotatable bonds is 5. The molecule has 24 heavy (non-hydrogen) atoms. The molecule has 126 valence electrons. The normalized spacial score (nSPS) is 10.7. The van der Waals surface area contributed by atoms with Gasteiger partial charge in [0, 0.05) is 23.2 Å². The Morgan fingerprint density at radius 2 is 1.88 bits per heavy atom. The Kier molecular flexibility index (Phi) is 7.12. The number of hydrogen-bond donors (Lipinski definition) is 2. The fourth-order valence-corrected chi connectivity index (χ4v) is 2.50. The van der Waals surface area contributed by atoms with E-state index in [0.717, 1.165) is 5.56 Å². The number of ether oxygens (including phenoxy) is 1.